The van der Waals surface area contributed by atoms with Crippen LogP contribution in [0.3, 0.4) is 0 Å². The van der Waals surface area contributed by atoms with Gasteiger partial charge in [0.2, 0.25) is 5.91 Å². The molecule has 4 rings (SSSR count). The predicted octanol–water partition coefficient (Wildman–Crippen LogP) is 3.69. The summed E-state index contributed by atoms with van der Waals surface area (Å²) >= 11 is 0. The van der Waals surface area contributed by atoms with E-state index in [4.69, 9.17) is 0 Å². The summed E-state index contributed by atoms with van der Waals surface area (Å²) in [7, 11) is -4.01. The highest BCUT2D eigenvalue weighted by Crippen LogP contribution is 2.31. The molecule has 0 aromatic heterocycles. The van der Waals surface area contributed by atoms with Crippen molar-refractivity contribution in [1.82, 2.24) is 4.90 Å². The number of nitrogens with zero attached hydrogens (tertiary/aromatic N) is 1. The van der Waals surface area contributed by atoms with Crippen molar-refractivity contribution in [3.8, 4) is 0 Å². The third-order valence-electron chi connectivity index (χ3n) is 4.91. The lowest BCUT2D eigenvalue weighted by Gasteiger charge is -2.18. The minimum absolute atomic E-state index is 0.125. The van der Waals surface area contributed by atoms with Crippen molar-refractivity contribution in [1.29, 1.82) is 0 Å². The first kappa shape index (κ1) is 21.3. The van der Waals surface area contributed by atoms with Gasteiger partial charge in [-0.25, -0.2) is 12.8 Å². The van der Waals surface area contributed by atoms with Gasteiger partial charge in [0.25, 0.3) is 15.9 Å². The Kier molecular flexibility index (Phi) is 5.50. The SMILES string of the molecule is C=C1c2ccccc2C(=O)N1CC(=O)Nc1ccccc1NS(=O)(=O)c1ccc(F)cc1. The summed E-state index contributed by atoms with van der Waals surface area (Å²) in [5.41, 5.74) is 1.89. The van der Waals surface area contributed by atoms with Crippen molar-refractivity contribution in [3.63, 3.8) is 0 Å². The zero-order chi connectivity index (χ0) is 22.9. The number of carbonyl (C=O) groups is 2. The maximum absolute atomic E-state index is 13.1. The molecule has 0 fully saturated rings. The van der Waals surface area contributed by atoms with Crippen molar-refractivity contribution in [3.05, 3.63) is 96.3 Å². The van der Waals surface area contributed by atoms with Gasteiger partial charge in [-0.05, 0) is 42.5 Å². The van der Waals surface area contributed by atoms with Gasteiger partial charge in [0, 0.05) is 16.8 Å². The van der Waals surface area contributed by atoms with Crippen LogP contribution in [0.2, 0.25) is 0 Å². The summed E-state index contributed by atoms with van der Waals surface area (Å²) in [6.07, 6.45) is 0. The number of nitrogens with one attached hydrogen (secondary N) is 2. The lowest BCUT2D eigenvalue weighted by atomic mass is 10.1. The van der Waals surface area contributed by atoms with Crippen molar-refractivity contribution in [2.45, 2.75) is 4.90 Å². The van der Waals surface area contributed by atoms with E-state index >= 15 is 0 Å². The Balaban J connectivity index is 1.50. The number of para-hydroxylation sites is 2. The quantitative estimate of drug-likeness (QED) is 0.598. The third kappa shape index (κ3) is 4.10. The second kappa shape index (κ2) is 8.27. The fourth-order valence-electron chi connectivity index (χ4n) is 3.33. The molecule has 1 aliphatic rings. The molecule has 3 aromatic rings. The van der Waals surface area contributed by atoms with E-state index in [1.165, 1.54) is 17.0 Å². The van der Waals surface area contributed by atoms with Crippen molar-refractivity contribution in [2.24, 2.45) is 0 Å². The lowest BCUT2D eigenvalue weighted by Crippen LogP contribution is -2.33. The summed E-state index contributed by atoms with van der Waals surface area (Å²) in [5.74, 6) is -1.41. The lowest BCUT2D eigenvalue weighted by molar-refractivity contribution is -0.116. The van der Waals surface area contributed by atoms with E-state index < -0.39 is 21.7 Å². The van der Waals surface area contributed by atoms with Crippen LogP contribution in [-0.4, -0.2) is 31.7 Å². The fraction of sp³-hybridized carbons (Fsp3) is 0.0435. The predicted molar refractivity (Wildman–Crippen MR) is 119 cm³/mol. The zero-order valence-corrected chi connectivity index (χ0v) is 17.5. The summed E-state index contributed by atoms with van der Waals surface area (Å²) in [4.78, 5) is 26.4. The standard InChI is InChI=1S/C23H18FN3O4S/c1-15-18-6-2-3-7-19(18)23(29)27(15)14-22(28)25-20-8-4-5-9-21(20)26-32(30,31)17-12-10-16(24)11-13-17/h2-13,26H,1,14H2,(H,25,28). The number of hydrogen-bond acceptors (Lipinski definition) is 4. The van der Waals surface area contributed by atoms with Gasteiger partial charge in [0.05, 0.1) is 16.3 Å². The molecule has 0 radical (unpaired) electrons. The van der Waals surface area contributed by atoms with E-state index in [0.717, 1.165) is 24.3 Å². The van der Waals surface area contributed by atoms with Crippen LogP contribution >= 0.6 is 0 Å². The number of benzene rings is 3. The molecule has 32 heavy (non-hydrogen) atoms. The minimum Gasteiger partial charge on any atom is -0.323 e. The van der Waals surface area contributed by atoms with Gasteiger partial charge in [-0.1, -0.05) is 36.9 Å². The summed E-state index contributed by atoms with van der Waals surface area (Å²) < 4.78 is 40.8. The Morgan fingerprint density at radius 3 is 2.16 bits per heavy atom. The van der Waals surface area contributed by atoms with Gasteiger partial charge in [-0.15, -0.1) is 0 Å². The third-order valence-corrected chi connectivity index (χ3v) is 6.29. The maximum Gasteiger partial charge on any atom is 0.261 e. The van der Waals surface area contributed by atoms with Gasteiger partial charge in [-0.3, -0.25) is 19.2 Å². The first-order valence-electron chi connectivity index (χ1n) is 9.54. The highest BCUT2D eigenvalue weighted by Gasteiger charge is 2.32. The Hall–Kier alpha value is -3.98. The number of rotatable bonds is 6. The molecule has 0 atom stereocenters. The van der Waals surface area contributed by atoms with E-state index in [-0.39, 0.29) is 28.7 Å². The molecule has 0 aliphatic carbocycles. The van der Waals surface area contributed by atoms with E-state index in [2.05, 4.69) is 16.6 Å². The van der Waals surface area contributed by atoms with Gasteiger partial charge in [0.1, 0.15) is 12.4 Å². The fourth-order valence-corrected chi connectivity index (χ4v) is 4.41. The molecule has 2 amide bonds. The second-order valence-corrected chi connectivity index (χ2v) is 8.72. The van der Waals surface area contributed by atoms with E-state index in [9.17, 15) is 22.4 Å². The highest BCUT2D eigenvalue weighted by atomic mass is 32.2. The van der Waals surface area contributed by atoms with Crippen LogP contribution < -0.4 is 10.0 Å². The van der Waals surface area contributed by atoms with E-state index in [0.29, 0.717) is 16.8 Å². The van der Waals surface area contributed by atoms with Crippen LogP contribution in [0.15, 0.2) is 84.3 Å². The van der Waals surface area contributed by atoms with Gasteiger partial charge >= 0.3 is 0 Å². The highest BCUT2D eigenvalue weighted by molar-refractivity contribution is 7.92. The topological polar surface area (TPSA) is 95.6 Å². The first-order valence-corrected chi connectivity index (χ1v) is 11.0. The number of hydrogen-bond donors (Lipinski definition) is 2. The van der Waals surface area contributed by atoms with Crippen LogP contribution in [-0.2, 0) is 14.8 Å². The van der Waals surface area contributed by atoms with Crippen LogP contribution in [0.5, 0.6) is 0 Å². The molecule has 0 bridgehead atoms. The number of halogens is 1. The van der Waals surface area contributed by atoms with Crippen molar-refractivity contribution >= 4 is 38.9 Å². The van der Waals surface area contributed by atoms with Crippen molar-refractivity contribution < 1.29 is 22.4 Å². The van der Waals surface area contributed by atoms with Crippen LogP contribution in [0.4, 0.5) is 15.8 Å². The monoisotopic (exact) mass is 451 g/mol. The van der Waals surface area contributed by atoms with E-state index in [1.807, 2.05) is 0 Å². The van der Waals surface area contributed by atoms with Crippen LogP contribution in [0.1, 0.15) is 15.9 Å². The largest absolute Gasteiger partial charge is 0.323 e. The van der Waals surface area contributed by atoms with Gasteiger partial charge in [0.15, 0.2) is 0 Å². The number of anilines is 2. The molecule has 0 saturated carbocycles. The molecule has 1 heterocycles. The van der Waals surface area contributed by atoms with Crippen LogP contribution in [0.25, 0.3) is 5.70 Å². The Bertz CT molecular complexity index is 1300. The Morgan fingerprint density at radius 1 is 0.906 bits per heavy atom. The molecule has 1 aliphatic heterocycles. The molecule has 2 N–H and O–H groups in total. The van der Waals surface area contributed by atoms with Gasteiger partial charge in [-0.2, -0.15) is 0 Å². The molecule has 9 heteroatoms. The van der Waals surface area contributed by atoms with Crippen molar-refractivity contribution in [2.75, 3.05) is 16.6 Å². The first-order chi connectivity index (χ1) is 15.3. The molecule has 0 unspecified atom stereocenters. The summed E-state index contributed by atoms with van der Waals surface area (Å²) in [6, 6.07) is 17.5. The summed E-state index contributed by atoms with van der Waals surface area (Å²) in [5, 5.41) is 2.63. The number of fused-ring (bicyclic) bond motifs is 1. The molecule has 3 aromatic carbocycles. The van der Waals surface area contributed by atoms with Crippen LogP contribution in [0, 0.1) is 5.82 Å². The van der Waals surface area contributed by atoms with Gasteiger partial charge < -0.3 is 5.32 Å². The molecule has 7 nitrogen and oxygen atoms in total. The average molecular weight is 451 g/mol. The Morgan fingerprint density at radius 2 is 1.50 bits per heavy atom. The average Bonchev–Trinajstić information content (AvgIpc) is 3.00. The second-order valence-electron chi connectivity index (χ2n) is 7.04. The summed E-state index contributed by atoms with van der Waals surface area (Å²) in [6.45, 7) is 3.61. The van der Waals surface area contributed by atoms with E-state index in [1.54, 1.807) is 36.4 Å². The minimum atomic E-state index is -4.01. The zero-order valence-electron chi connectivity index (χ0n) is 16.7. The number of sulfonamides is 1. The molecule has 162 valence electrons. The molecule has 0 spiro atoms. The molecular formula is C23H18FN3O4S. The number of amides is 2. The normalized spacial score (nSPS) is 13.1. The Labute approximate surface area is 184 Å². The maximum atomic E-state index is 13.1. The number of carbonyl (C=O) groups excluding carboxylic acids is 2. The molecule has 0 saturated heterocycles. The smallest absolute Gasteiger partial charge is 0.261 e. The molecular weight excluding hydrogens is 433 g/mol.